The van der Waals surface area contributed by atoms with Gasteiger partial charge in [0, 0.05) is 16.5 Å². The number of hydrogen-bond acceptors (Lipinski definition) is 6. The molecule has 0 aliphatic rings. The summed E-state index contributed by atoms with van der Waals surface area (Å²) >= 11 is 0. The van der Waals surface area contributed by atoms with Gasteiger partial charge in [-0.05, 0) is 13.0 Å². The quantitative estimate of drug-likeness (QED) is 0.619. The predicted molar refractivity (Wildman–Crippen MR) is 62.4 cm³/mol. The van der Waals surface area contributed by atoms with Gasteiger partial charge in [0.25, 0.3) is 0 Å². The summed E-state index contributed by atoms with van der Waals surface area (Å²) in [5, 5.41) is 37.8. The van der Waals surface area contributed by atoms with E-state index in [4.69, 9.17) is 9.52 Å². The van der Waals surface area contributed by atoms with E-state index in [0.29, 0.717) is 0 Å². The van der Waals surface area contributed by atoms with Gasteiger partial charge in [-0.2, -0.15) is 0 Å². The molecule has 0 unspecified atom stereocenters. The molecule has 1 heterocycles. The molecule has 0 fully saturated rings. The number of phenolic OH excluding ortho intramolecular Hbond substituents is 2. The van der Waals surface area contributed by atoms with E-state index in [9.17, 15) is 20.1 Å². The van der Waals surface area contributed by atoms with Crippen molar-refractivity contribution in [3.8, 4) is 11.5 Å². The van der Waals surface area contributed by atoms with Gasteiger partial charge < -0.3 is 24.8 Å². The maximum absolute atomic E-state index is 11.7. The van der Waals surface area contributed by atoms with Crippen molar-refractivity contribution < 1.29 is 24.8 Å². The molecule has 0 amide bonds. The Bertz CT molecular complexity index is 671. The minimum Gasteiger partial charge on any atom is -0.508 e. The van der Waals surface area contributed by atoms with Crippen LogP contribution in [0.3, 0.4) is 0 Å². The molecule has 6 heteroatoms. The van der Waals surface area contributed by atoms with Crippen molar-refractivity contribution in [2.45, 2.75) is 20.1 Å². The van der Waals surface area contributed by atoms with E-state index >= 15 is 0 Å². The minimum atomic E-state index is -0.827. The highest BCUT2D eigenvalue weighted by molar-refractivity contribution is 5.92. The molecule has 2 rings (SSSR count). The number of rotatable bonds is 2. The lowest BCUT2D eigenvalue weighted by Crippen LogP contribution is -2.08. The summed E-state index contributed by atoms with van der Waals surface area (Å²) in [6.07, 6.45) is 0. The van der Waals surface area contributed by atoms with Crippen LogP contribution in [0.15, 0.2) is 15.3 Å². The largest absolute Gasteiger partial charge is 0.508 e. The summed E-state index contributed by atoms with van der Waals surface area (Å²) in [6, 6.07) is 1.26. The van der Waals surface area contributed by atoms with Gasteiger partial charge in [-0.25, -0.2) is 4.79 Å². The molecular formula is C12H12O6. The highest BCUT2D eigenvalue weighted by atomic mass is 16.4. The Morgan fingerprint density at radius 1 is 1.22 bits per heavy atom. The number of aliphatic hydroxyl groups excluding tert-OH is 2. The molecule has 0 atom stereocenters. The number of fused-ring (bicyclic) bond motifs is 1. The summed E-state index contributed by atoms with van der Waals surface area (Å²) in [5.74, 6) is -0.681. The zero-order valence-electron chi connectivity index (χ0n) is 9.60. The van der Waals surface area contributed by atoms with Crippen LogP contribution in [-0.4, -0.2) is 20.4 Å². The van der Waals surface area contributed by atoms with Gasteiger partial charge in [-0.15, -0.1) is 0 Å². The molecule has 4 N–H and O–H groups in total. The zero-order chi connectivity index (χ0) is 13.4. The maximum Gasteiger partial charge on any atom is 0.347 e. The van der Waals surface area contributed by atoms with E-state index in [2.05, 4.69) is 0 Å². The van der Waals surface area contributed by atoms with E-state index < -0.39 is 24.6 Å². The molecule has 0 spiro atoms. The molecule has 1 aromatic heterocycles. The summed E-state index contributed by atoms with van der Waals surface area (Å²) in [5.41, 5.74) is -0.514. The van der Waals surface area contributed by atoms with Gasteiger partial charge in [0.2, 0.25) is 0 Å². The van der Waals surface area contributed by atoms with E-state index in [-0.39, 0.29) is 33.4 Å². The van der Waals surface area contributed by atoms with Gasteiger partial charge in [0.15, 0.2) is 0 Å². The first-order valence-corrected chi connectivity index (χ1v) is 5.23. The number of benzene rings is 1. The summed E-state index contributed by atoms with van der Waals surface area (Å²) < 4.78 is 4.83. The zero-order valence-corrected chi connectivity index (χ0v) is 9.60. The van der Waals surface area contributed by atoms with Crippen molar-refractivity contribution in [3.63, 3.8) is 0 Å². The van der Waals surface area contributed by atoms with Gasteiger partial charge >= 0.3 is 5.63 Å². The van der Waals surface area contributed by atoms with E-state index in [1.807, 2.05) is 0 Å². The fourth-order valence-electron chi connectivity index (χ4n) is 1.87. The van der Waals surface area contributed by atoms with Crippen molar-refractivity contribution in [1.82, 2.24) is 0 Å². The fourth-order valence-corrected chi connectivity index (χ4v) is 1.87. The van der Waals surface area contributed by atoms with Crippen LogP contribution in [-0.2, 0) is 13.2 Å². The van der Waals surface area contributed by atoms with E-state index in [1.54, 1.807) is 0 Å². The molecular weight excluding hydrogens is 240 g/mol. The summed E-state index contributed by atoms with van der Waals surface area (Å²) in [4.78, 5) is 11.7. The van der Waals surface area contributed by atoms with Gasteiger partial charge in [0.05, 0.1) is 6.61 Å². The molecule has 0 saturated carbocycles. The first kappa shape index (κ1) is 12.4. The third-order valence-corrected chi connectivity index (χ3v) is 2.91. The van der Waals surface area contributed by atoms with Crippen molar-refractivity contribution in [1.29, 1.82) is 0 Å². The highest BCUT2D eigenvalue weighted by Gasteiger charge is 2.18. The molecule has 0 saturated heterocycles. The fraction of sp³-hybridized carbons (Fsp3) is 0.250. The lowest BCUT2D eigenvalue weighted by Gasteiger charge is -2.11. The molecule has 18 heavy (non-hydrogen) atoms. The Morgan fingerprint density at radius 3 is 2.44 bits per heavy atom. The second-order valence-corrected chi connectivity index (χ2v) is 3.90. The first-order valence-electron chi connectivity index (χ1n) is 5.23. The van der Waals surface area contributed by atoms with Crippen molar-refractivity contribution >= 4 is 10.8 Å². The van der Waals surface area contributed by atoms with Crippen LogP contribution in [0.2, 0.25) is 0 Å². The monoisotopic (exact) mass is 252 g/mol. The highest BCUT2D eigenvalue weighted by Crippen LogP contribution is 2.35. The van der Waals surface area contributed by atoms with Gasteiger partial charge in [0.1, 0.15) is 29.3 Å². The molecule has 0 radical (unpaired) electrons. The lowest BCUT2D eigenvalue weighted by atomic mass is 10.0. The van der Waals surface area contributed by atoms with E-state index in [1.165, 1.54) is 13.0 Å². The van der Waals surface area contributed by atoms with Gasteiger partial charge in [-0.3, -0.25) is 0 Å². The Hall–Kier alpha value is -2.05. The lowest BCUT2D eigenvalue weighted by molar-refractivity contribution is 0.224. The minimum absolute atomic E-state index is 0.0855. The maximum atomic E-state index is 11.7. The third kappa shape index (κ3) is 1.62. The predicted octanol–water partition coefficient (Wildman–Crippen LogP) is 0.497. The van der Waals surface area contributed by atoms with Crippen LogP contribution in [0.4, 0.5) is 0 Å². The van der Waals surface area contributed by atoms with Crippen molar-refractivity contribution in [3.05, 3.63) is 33.4 Å². The van der Waals surface area contributed by atoms with Crippen LogP contribution in [0, 0.1) is 6.92 Å². The van der Waals surface area contributed by atoms with E-state index in [0.717, 1.165) is 0 Å². The smallest absolute Gasteiger partial charge is 0.347 e. The van der Waals surface area contributed by atoms with Crippen molar-refractivity contribution in [2.24, 2.45) is 0 Å². The topological polar surface area (TPSA) is 111 Å². The first-order chi connectivity index (χ1) is 8.51. The van der Waals surface area contributed by atoms with Crippen LogP contribution in [0.1, 0.15) is 16.9 Å². The number of phenols is 2. The number of hydrogen-bond donors (Lipinski definition) is 4. The van der Waals surface area contributed by atoms with Crippen LogP contribution >= 0.6 is 0 Å². The third-order valence-electron chi connectivity index (χ3n) is 2.91. The molecule has 96 valence electrons. The van der Waals surface area contributed by atoms with Gasteiger partial charge in [-0.1, -0.05) is 0 Å². The average Bonchev–Trinajstić information content (AvgIpc) is 2.35. The SMILES string of the molecule is Cc1c(O)cc2c(CO)c(CO)oc(=O)c2c1O. The normalized spacial score (nSPS) is 11.1. The molecule has 0 aliphatic heterocycles. The molecule has 1 aromatic carbocycles. The average molecular weight is 252 g/mol. The molecule has 2 aromatic rings. The van der Waals surface area contributed by atoms with Crippen molar-refractivity contribution in [2.75, 3.05) is 0 Å². The Balaban J connectivity index is 3.05. The summed E-state index contributed by atoms with van der Waals surface area (Å²) in [6.45, 7) is 0.400. The van der Waals surface area contributed by atoms with Crippen LogP contribution in [0.5, 0.6) is 11.5 Å². The molecule has 0 aliphatic carbocycles. The summed E-state index contributed by atoms with van der Waals surface area (Å²) in [7, 11) is 0. The second kappa shape index (κ2) is 4.32. The number of aromatic hydroxyl groups is 2. The Morgan fingerprint density at radius 2 is 1.89 bits per heavy atom. The molecule has 6 nitrogen and oxygen atoms in total. The second-order valence-electron chi connectivity index (χ2n) is 3.90. The van der Waals surface area contributed by atoms with Crippen LogP contribution in [0.25, 0.3) is 10.8 Å². The molecule has 0 bridgehead atoms. The Labute approximate surface area is 101 Å². The standard InChI is InChI=1S/C12H12O6/c1-5-8(15)2-6-7(3-13)9(4-14)18-12(17)10(6)11(5)16/h2,13-16H,3-4H2,1H3. The number of aliphatic hydroxyl groups is 2. The Kier molecular flexibility index (Phi) is 2.98. The van der Waals surface area contributed by atoms with Crippen LogP contribution < -0.4 is 5.63 Å².